The highest BCUT2D eigenvalue weighted by Gasteiger charge is 2.19. The molecule has 37 heavy (non-hydrogen) atoms. The Morgan fingerprint density at radius 2 is 1.81 bits per heavy atom. The third-order valence-electron chi connectivity index (χ3n) is 5.97. The smallest absolute Gasteiger partial charge is 0.277 e. The average molecular weight is 528 g/mol. The molecular weight excluding hydrogens is 502 g/mol. The van der Waals surface area contributed by atoms with Gasteiger partial charge in [-0.1, -0.05) is 41.7 Å². The molecule has 1 N–H and O–H groups in total. The van der Waals surface area contributed by atoms with E-state index in [1.807, 2.05) is 47.8 Å². The molecule has 1 amide bonds. The summed E-state index contributed by atoms with van der Waals surface area (Å²) in [5.74, 6) is 0.246. The maximum absolute atomic E-state index is 12.3. The first-order valence-electron chi connectivity index (χ1n) is 12.0. The van der Waals surface area contributed by atoms with Crippen LogP contribution in [0.4, 0.5) is 5.13 Å². The first-order valence-corrected chi connectivity index (χ1v) is 13.7. The second-order valence-electron chi connectivity index (χ2n) is 8.53. The molecule has 1 aliphatic rings. The van der Waals surface area contributed by atoms with Crippen molar-refractivity contribution in [3.05, 3.63) is 76.5 Å². The Hall–Kier alpha value is -4.00. The van der Waals surface area contributed by atoms with Crippen molar-refractivity contribution in [2.24, 2.45) is 5.10 Å². The van der Waals surface area contributed by atoms with E-state index in [1.165, 1.54) is 19.3 Å². The van der Waals surface area contributed by atoms with Gasteiger partial charge < -0.3 is 9.64 Å². The lowest BCUT2D eigenvalue weighted by Gasteiger charge is -2.25. The fourth-order valence-electron chi connectivity index (χ4n) is 4.04. The quantitative estimate of drug-likeness (QED) is 0.227. The molecule has 0 aliphatic carbocycles. The van der Waals surface area contributed by atoms with Crippen LogP contribution >= 0.6 is 22.7 Å². The minimum absolute atomic E-state index is 0.146. The molecule has 2 aromatic carbocycles. The molecule has 0 unspecified atom stereocenters. The van der Waals surface area contributed by atoms with Gasteiger partial charge in [-0.05, 0) is 66.1 Å². The number of nitriles is 1. The fraction of sp³-hybridized carbons (Fsp3) is 0.214. The minimum atomic E-state index is -0.342. The third kappa shape index (κ3) is 6.23. The molecule has 4 aromatic rings. The number of carbonyl (C=O) groups excluding carboxylic acids is 1. The van der Waals surface area contributed by atoms with E-state index in [9.17, 15) is 4.79 Å². The number of nitrogens with one attached hydrogen (secondary N) is 1. The van der Waals surface area contributed by atoms with Gasteiger partial charge in [-0.25, -0.2) is 10.4 Å². The molecule has 7 nitrogen and oxygen atoms in total. The van der Waals surface area contributed by atoms with Gasteiger partial charge in [0.25, 0.3) is 5.91 Å². The van der Waals surface area contributed by atoms with Gasteiger partial charge in [0.15, 0.2) is 11.7 Å². The van der Waals surface area contributed by atoms with Gasteiger partial charge in [-0.3, -0.25) is 4.79 Å². The maximum atomic E-state index is 12.3. The lowest BCUT2D eigenvalue weighted by atomic mass is 10.0. The zero-order chi connectivity index (χ0) is 25.5. The van der Waals surface area contributed by atoms with Gasteiger partial charge in [0.1, 0.15) is 11.4 Å². The Morgan fingerprint density at radius 1 is 1.08 bits per heavy atom. The third-order valence-corrected chi connectivity index (χ3v) is 7.89. The highest BCUT2D eigenvalue weighted by molar-refractivity contribution is 7.18. The largest absolute Gasteiger partial charge is 0.484 e. The summed E-state index contributed by atoms with van der Waals surface area (Å²) in [4.78, 5) is 21.6. The molecule has 3 heterocycles. The normalized spacial score (nSPS) is 13.4. The van der Waals surface area contributed by atoms with E-state index < -0.39 is 0 Å². The summed E-state index contributed by atoms with van der Waals surface area (Å²) in [6.45, 7) is 1.90. The summed E-state index contributed by atoms with van der Waals surface area (Å²) in [7, 11) is 0. The van der Waals surface area contributed by atoms with Gasteiger partial charge >= 0.3 is 0 Å². The van der Waals surface area contributed by atoms with Gasteiger partial charge in [0.2, 0.25) is 0 Å². The van der Waals surface area contributed by atoms with Crippen molar-refractivity contribution >= 4 is 39.9 Å². The summed E-state index contributed by atoms with van der Waals surface area (Å²) in [6.07, 6.45) is 5.31. The Bertz CT molecular complexity index is 1400. The highest BCUT2D eigenvalue weighted by atomic mass is 32.1. The van der Waals surface area contributed by atoms with E-state index >= 15 is 0 Å². The number of benzene rings is 2. The number of nitrogens with zero attached hydrogens (tertiary/aromatic N) is 4. The van der Waals surface area contributed by atoms with Crippen LogP contribution in [0, 0.1) is 11.3 Å². The molecule has 0 atom stereocenters. The maximum Gasteiger partial charge on any atom is 0.277 e. The predicted molar refractivity (Wildman–Crippen MR) is 149 cm³/mol. The van der Waals surface area contributed by atoms with Crippen molar-refractivity contribution in [2.75, 3.05) is 24.6 Å². The van der Waals surface area contributed by atoms with Crippen LogP contribution in [0.1, 0.15) is 29.7 Å². The Morgan fingerprint density at radius 3 is 2.49 bits per heavy atom. The molecule has 0 radical (unpaired) electrons. The van der Waals surface area contributed by atoms with Crippen molar-refractivity contribution in [2.45, 2.75) is 19.3 Å². The number of thiazole rings is 1. The molecule has 1 saturated heterocycles. The topological polar surface area (TPSA) is 90.6 Å². The van der Waals surface area contributed by atoms with E-state index in [4.69, 9.17) is 15.0 Å². The number of ether oxygens (including phenoxy) is 1. The van der Waals surface area contributed by atoms with E-state index in [2.05, 4.69) is 27.6 Å². The monoisotopic (exact) mass is 527 g/mol. The molecule has 1 fully saturated rings. The number of hydrazone groups is 1. The molecule has 5 rings (SSSR count). The number of anilines is 1. The first kappa shape index (κ1) is 24.7. The Labute approximate surface area is 223 Å². The van der Waals surface area contributed by atoms with Crippen molar-refractivity contribution < 1.29 is 9.53 Å². The summed E-state index contributed by atoms with van der Waals surface area (Å²) >= 11 is 3.24. The van der Waals surface area contributed by atoms with E-state index in [-0.39, 0.29) is 12.5 Å². The Balaban J connectivity index is 1.18. The molecule has 1 aliphatic heterocycles. The van der Waals surface area contributed by atoms with Crippen LogP contribution in [0.25, 0.3) is 21.7 Å². The number of piperidine rings is 1. The lowest BCUT2D eigenvalue weighted by molar-refractivity contribution is -0.123. The second kappa shape index (κ2) is 11.8. The number of hydrogen-bond acceptors (Lipinski definition) is 8. The van der Waals surface area contributed by atoms with E-state index in [1.54, 1.807) is 41.0 Å². The first-order chi connectivity index (χ1) is 18.2. The van der Waals surface area contributed by atoms with Crippen molar-refractivity contribution in [3.8, 4) is 33.5 Å². The van der Waals surface area contributed by atoms with Gasteiger partial charge in [-0.2, -0.15) is 10.4 Å². The standard InChI is InChI=1S/C28H25N5O2S2/c29-17-20-6-8-21(9-7-20)22-10-12-23(13-11-22)35-19-26(34)32-30-18-25-27(24-5-4-16-36-24)31-28(37-25)33-14-2-1-3-15-33/h4-13,16,18H,1-3,14-15,19H2,(H,32,34)/b30-18-. The lowest BCUT2D eigenvalue weighted by Crippen LogP contribution is -2.29. The average Bonchev–Trinajstić information content (AvgIpc) is 3.63. The van der Waals surface area contributed by atoms with Gasteiger partial charge in [0, 0.05) is 13.1 Å². The Kier molecular flexibility index (Phi) is 7.89. The van der Waals surface area contributed by atoms with Gasteiger partial charge in [-0.15, -0.1) is 11.3 Å². The SMILES string of the molecule is N#Cc1ccc(-c2ccc(OCC(=O)N/N=C\c3sc(N4CCCCC4)nc3-c3cccs3)cc2)cc1. The number of hydrogen-bond donors (Lipinski definition) is 1. The van der Waals surface area contributed by atoms with Crippen LogP contribution in [0.5, 0.6) is 5.75 Å². The molecule has 186 valence electrons. The van der Waals surface area contributed by atoms with Crippen molar-refractivity contribution in [1.82, 2.24) is 10.4 Å². The van der Waals surface area contributed by atoms with Crippen LogP contribution < -0.4 is 15.1 Å². The number of thiophene rings is 1. The molecule has 0 saturated carbocycles. The number of rotatable bonds is 8. The van der Waals surface area contributed by atoms with Crippen LogP contribution in [0.3, 0.4) is 0 Å². The zero-order valence-corrected chi connectivity index (χ0v) is 21.7. The van der Waals surface area contributed by atoms with Crippen molar-refractivity contribution in [3.63, 3.8) is 0 Å². The highest BCUT2D eigenvalue weighted by Crippen LogP contribution is 2.35. The predicted octanol–water partition coefficient (Wildman–Crippen LogP) is 5.93. The molecule has 0 bridgehead atoms. The number of aromatic nitrogens is 1. The van der Waals surface area contributed by atoms with E-state index in [0.717, 1.165) is 44.8 Å². The molecule has 2 aromatic heterocycles. The minimum Gasteiger partial charge on any atom is -0.484 e. The van der Waals surface area contributed by atoms with Crippen LogP contribution in [0.2, 0.25) is 0 Å². The van der Waals surface area contributed by atoms with Gasteiger partial charge in [0.05, 0.1) is 27.6 Å². The summed E-state index contributed by atoms with van der Waals surface area (Å²) in [5.41, 5.74) is 6.09. The number of carbonyl (C=O) groups is 1. The van der Waals surface area contributed by atoms with Crippen LogP contribution in [-0.4, -0.2) is 36.8 Å². The summed E-state index contributed by atoms with van der Waals surface area (Å²) in [6, 6.07) is 21.0. The van der Waals surface area contributed by atoms with Crippen LogP contribution in [-0.2, 0) is 4.79 Å². The summed E-state index contributed by atoms with van der Waals surface area (Å²) in [5, 5.41) is 16.2. The summed E-state index contributed by atoms with van der Waals surface area (Å²) < 4.78 is 5.62. The van der Waals surface area contributed by atoms with Crippen LogP contribution in [0.15, 0.2) is 71.1 Å². The molecular formula is C28H25N5O2S2. The number of amides is 1. The zero-order valence-electron chi connectivity index (χ0n) is 20.1. The fourth-order valence-corrected chi connectivity index (χ4v) is 5.84. The van der Waals surface area contributed by atoms with Crippen molar-refractivity contribution in [1.29, 1.82) is 5.26 Å². The molecule has 0 spiro atoms. The van der Waals surface area contributed by atoms with E-state index in [0.29, 0.717) is 11.3 Å². The second-order valence-corrected chi connectivity index (χ2v) is 10.5. The molecule has 9 heteroatoms.